The van der Waals surface area contributed by atoms with Crippen LogP contribution < -0.4 is 5.32 Å². The monoisotopic (exact) mass is 274 g/mol. The van der Waals surface area contributed by atoms with Gasteiger partial charge in [0, 0.05) is 6.54 Å². The second-order valence-electron chi connectivity index (χ2n) is 5.61. The van der Waals surface area contributed by atoms with E-state index in [4.69, 9.17) is 0 Å². The van der Waals surface area contributed by atoms with Gasteiger partial charge in [0.25, 0.3) is 0 Å². The number of hydrogen-bond acceptors (Lipinski definition) is 2. The summed E-state index contributed by atoms with van der Waals surface area (Å²) in [6.45, 7) is 6.71. The lowest BCUT2D eigenvalue weighted by molar-refractivity contribution is -0.146. The van der Waals surface area contributed by atoms with Crippen molar-refractivity contribution in [3.63, 3.8) is 0 Å². The molecule has 0 aromatic heterocycles. The highest BCUT2D eigenvalue weighted by Gasteiger charge is 2.35. The summed E-state index contributed by atoms with van der Waals surface area (Å²) in [7, 11) is 0. The molecule has 0 radical (unpaired) electrons. The van der Waals surface area contributed by atoms with E-state index >= 15 is 0 Å². The van der Waals surface area contributed by atoms with Gasteiger partial charge in [0.15, 0.2) is 0 Å². The normalized spacial score (nSPS) is 20.8. The Morgan fingerprint density at radius 2 is 2.15 bits per heavy atom. The Kier molecular flexibility index (Phi) is 4.42. The lowest BCUT2D eigenvalue weighted by Gasteiger charge is -2.35. The zero-order chi connectivity index (χ0) is 14.7. The van der Waals surface area contributed by atoms with Gasteiger partial charge in [-0.1, -0.05) is 50.1 Å². The Morgan fingerprint density at radius 1 is 1.40 bits per heavy atom. The zero-order valence-electron chi connectivity index (χ0n) is 12.3. The van der Waals surface area contributed by atoms with Crippen LogP contribution in [0.3, 0.4) is 0 Å². The number of aryl methyl sites for hydroxylation is 1. The van der Waals surface area contributed by atoms with Crippen molar-refractivity contribution >= 4 is 11.8 Å². The third kappa shape index (κ3) is 3.18. The molecule has 2 amide bonds. The van der Waals surface area contributed by atoms with E-state index in [9.17, 15) is 9.59 Å². The van der Waals surface area contributed by atoms with Crippen molar-refractivity contribution in [3.05, 3.63) is 35.4 Å². The van der Waals surface area contributed by atoms with Crippen LogP contribution in [0.2, 0.25) is 0 Å². The zero-order valence-corrected chi connectivity index (χ0v) is 12.3. The fraction of sp³-hybridized carbons (Fsp3) is 0.500. The van der Waals surface area contributed by atoms with E-state index in [2.05, 4.69) is 11.4 Å². The van der Waals surface area contributed by atoms with Gasteiger partial charge in [-0.15, -0.1) is 0 Å². The Hall–Kier alpha value is -1.84. The molecular formula is C16H22N2O2. The number of hydrogen-bond donors (Lipinski definition) is 1. The molecule has 1 aromatic rings. The van der Waals surface area contributed by atoms with Crippen LogP contribution in [0.15, 0.2) is 24.3 Å². The molecule has 1 saturated heterocycles. The number of piperazine rings is 1. The van der Waals surface area contributed by atoms with Crippen molar-refractivity contribution in [1.82, 2.24) is 10.2 Å². The molecule has 2 rings (SSSR count). The summed E-state index contributed by atoms with van der Waals surface area (Å²) in [5, 5.41) is 2.81. The standard InChI is InChI=1S/C16H22N2O2/c1-4-12(3)15-16(20)18(10-14(19)17-15)9-13-7-5-6-11(2)8-13/h5-8,12,15H,4,9-10H2,1-3H3,(H,17,19). The third-order valence-corrected chi connectivity index (χ3v) is 3.90. The highest BCUT2D eigenvalue weighted by molar-refractivity contribution is 5.95. The number of carbonyl (C=O) groups is 2. The average molecular weight is 274 g/mol. The van der Waals surface area contributed by atoms with Crippen molar-refractivity contribution < 1.29 is 9.59 Å². The first-order chi connectivity index (χ1) is 9.51. The molecule has 0 aliphatic carbocycles. The van der Waals surface area contributed by atoms with E-state index in [0.29, 0.717) is 6.54 Å². The summed E-state index contributed by atoms with van der Waals surface area (Å²) >= 11 is 0. The molecule has 1 fully saturated rings. The van der Waals surface area contributed by atoms with Crippen LogP contribution in [0.4, 0.5) is 0 Å². The van der Waals surface area contributed by atoms with Crippen molar-refractivity contribution in [2.45, 2.75) is 39.8 Å². The van der Waals surface area contributed by atoms with Gasteiger partial charge in [-0.25, -0.2) is 0 Å². The Morgan fingerprint density at radius 3 is 2.80 bits per heavy atom. The number of nitrogens with one attached hydrogen (secondary N) is 1. The second-order valence-corrected chi connectivity index (χ2v) is 5.61. The molecule has 1 aliphatic rings. The van der Waals surface area contributed by atoms with Crippen molar-refractivity contribution in [3.8, 4) is 0 Å². The van der Waals surface area contributed by atoms with Crippen LogP contribution >= 0.6 is 0 Å². The Labute approximate surface area is 120 Å². The van der Waals surface area contributed by atoms with Crippen LogP contribution in [0.1, 0.15) is 31.4 Å². The first-order valence-electron chi connectivity index (χ1n) is 7.15. The predicted octanol–water partition coefficient (Wildman–Crippen LogP) is 1.87. The van der Waals surface area contributed by atoms with Crippen molar-refractivity contribution in [2.75, 3.05) is 6.54 Å². The van der Waals surface area contributed by atoms with E-state index in [0.717, 1.165) is 17.5 Å². The first kappa shape index (κ1) is 14.6. The highest BCUT2D eigenvalue weighted by Crippen LogP contribution is 2.17. The molecule has 20 heavy (non-hydrogen) atoms. The topological polar surface area (TPSA) is 49.4 Å². The Bertz CT molecular complexity index is 513. The lowest BCUT2D eigenvalue weighted by atomic mass is 9.96. The fourth-order valence-electron chi connectivity index (χ4n) is 2.51. The third-order valence-electron chi connectivity index (χ3n) is 3.90. The molecule has 0 spiro atoms. The molecule has 2 atom stereocenters. The van der Waals surface area contributed by atoms with Crippen molar-refractivity contribution in [1.29, 1.82) is 0 Å². The summed E-state index contributed by atoms with van der Waals surface area (Å²) < 4.78 is 0. The summed E-state index contributed by atoms with van der Waals surface area (Å²) in [5.74, 6) is 0.120. The van der Waals surface area contributed by atoms with Gasteiger partial charge in [0.05, 0.1) is 6.54 Å². The molecule has 1 aliphatic heterocycles. The smallest absolute Gasteiger partial charge is 0.246 e. The fourth-order valence-corrected chi connectivity index (χ4v) is 2.51. The molecule has 1 N–H and O–H groups in total. The number of benzene rings is 1. The lowest BCUT2D eigenvalue weighted by Crippen LogP contribution is -2.59. The summed E-state index contributed by atoms with van der Waals surface area (Å²) in [6.07, 6.45) is 0.870. The molecule has 0 bridgehead atoms. The maximum Gasteiger partial charge on any atom is 0.246 e. The van der Waals surface area contributed by atoms with E-state index in [-0.39, 0.29) is 30.3 Å². The van der Waals surface area contributed by atoms with Crippen LogP contribution in [-0.2, 0) is 16.1 Å². The van der Waals surface area contributed by atoms with Gasteiger partial charge in [0.1, 0.15) is 6.04 Å². The largest absolute Gasteiger partial charge is 0.342 e. The van der Waals surface area contributed by atoms with Gasteiger partial charge in [-0.05, 0) is 18.4 Å². The molecule has 1 heterocycles. The number of nitrogens with zero attached hydrogens (tertiary/aromatic N) is 1. The van der Waals surface area contributed by atoms with Gasteiger partial charge in [0.2, 0.25) is 11.8 Å². The minimum atomic E-state index is -0.383. The number of amides is 2. The Balaban J connectivity index is 2.14. The summed E-state index contributed by atoms with van der Waals surface area (Å²) in [5.41, 5.74) is 2.23. The van der Waals surface area contributed by atoms with Crippen LogP contribution in [0.25, 0.3) is 0 Å². The predicted molar refractivity (Wildman–Crippen MR) is 78.0 cm³/mol. The van der Waals surface area contributed by atoms with E-state index in [1.54, 1.807) is 4.90 Å². The molecular weight excluding hydrogens is 252 g/mol. The maximum absolute atomic E-state index is 12.5. The molecule has 108 valence electrons. The maximum atomic E-state index is 12.5. The highest BCUT2D eigenvalue weighted by atomic mass is 16.2. The first-order valence-corrected chi connectivity index (χ1v) is 7.15. The summed E-state index contributed by atoms with van der Waals surface area (Å²) in [6, 6.07) is 7.66. The molecule has 1 aromatic carbocycles. The van der Waals surface area contributed by atoms with Gasteiger partial charge in [-0.3, -0.25) is 9.59 Å². The minimum Gasteiger partial charge on any atom is -0.342 e. The van der Waals surface area contributed by atoms with E-state index < -0.39 is 0 Å². The van der Waals surface area contributed by atoms with E-state index in [1.165, 1.54) is 0 Å². The van der Waals surface area contributed by atoms with Crippen LogP contribution in [-0.4, -0.2) is 29.3 Å². The van der Waals surface area contributed by atoms with Crippen LogP contribution in [0.5, 0.6) is 0 Å². The van der Waals surface area contributed by atoms with Crippen molar-refractivity contribution in [2.24, 2.45) is 5.92 Å². The number of rotatable bonds is 4. The van der Waals surface area contributed by atoms with E-state index in [1.807, 2.05) is 39.0 Å². The number of carbonyl (C=O) groups excluding carboxylic acids is 2. The van der Waals surface area contributed by atoms with Gasteiger partial charge < -0.3 is 10.2 Å². The average Bonchev–Trinajstić information content (AvgIpc) is 2.41. The van der Waals surface area contributed by atoms with Crippen LogP contribution in [0, 0.1) is 12.8 Å². The molecule has 0 saturated carbocycles. The van der Waals surface area contributed by atoms with Gasteiger partial charge >= 0.3 is 0 Å². The summed E-state index contributed by atoms with van der Waals surface area (Å²) in [4.78, 5) is 25.9. The second kappa shape index (κ2) is 6.07. The minimum absolute atomic E-state index is 0.0282. The van der Waals surface area contributed by atoms with Gasteiger partial charge in [-0.2, -0.15) is 0 Å². The SMILES string of the molecule is CCC(C)C1NC(=O)CN(Cc2cccc(C)c2)C1=O. The molecule has 4 nitrogen and oxygen atoms in total. The quantitative estimate of drug-likeness (QED) is 0.911. The molecule has 2 unspecified atom stereocenters. The molecule has 4 heteroatoms.